The molecule has 0 saturated carbocycles. The van der Waals surface area contributed by atoms with E-state index in [0.717, 1.165) is 22.3 Å². The smallest absolute Gasteiger partial charge is 0.417 e. The van der Waals surface area contributed by atoms with Crippen molar-refractivity contribution in [3.63, 3.8) is 0 Å². The molecule has 0 radical (unpaired) electrons. The molecule has 0 aliphatic heterocycles. The zero-order valence-corrected chi connectivity index (χ0v) is 19.1. The topological polar surface area (TPSA) is 105 Å². The Balaban J connectivity index is 1.67. The van der Waals surface area contributed by atoms with Crippen LogP contribution >= 0.6 is 0 Å². The summed E-state index contributed by atoms with van der Waals surface area (Å²) >= 11 is 0. The number of carboxylic acids is 1. The molecule has 0 saturated heterocycles. The van der Waals surface area contributed by atoms with Gasteiger partial charge in [0.2, 0.25) is 6.04 Å². The molecule has 3 N–H and O–H groups in total. The third-order valence-corrected chi connectivity index (χ3v) is 5.87. The second-order valence-corrected chi connectivity index (χ2v) is 8.39. The molecule has 3 rings (SSSR count). The fourth-order valence-electron chi connectivity index (χ4n) is 4.23. The van der Waals surface area contributed by atoms with Gasteiger partial charge in [0.25, 0.3) is 5.91 Å². The van der Waals surface area contributed by atoms with Crippen LogP contribution in [-0.4, -0.2) is 47.9 Å². The standard InChI is InChI=1S/C25H27F3N2O5/c1-2-3-8-15(13-21(31)32)29-23(33)22(25(26,27)28)30-24(34)35-14-20-18-11-6-4-9-16(18)17-10-5-7-12-19(17)20/h4-7,9-12,15,20,22H,2-3,8,13-14H2,1H3,(H,29,33)(H,30,34)(H,31,32)/t15-,22?/m0/s1. The number of carboxylic acid groups (broad SMARTS) is 1. The van der Waals surface area contributed by atoms with Crippen LogP contribution in [0.25, 0.3) is 11.1 Å². The lowest BCUT2D eigenvalue weighted by Crippen LogP contribution is -2.57. The first kappa shape index (κ1) is 26.1. The monoisotopic (exact) mass is 492 g/mol. The van der Waals surface area contributed by atoms with Gasteiger partial charge in [-0.25, -0.2) is 4.79 Å². The molecule has 0 aromatic heterocycles. The highest BCUT2D eigenvalue weighted by Gasteiger charge is 2.47. The molecule has 1 unspecified atom stereocenters. The molecule has 10 heteroatoms. The summed E-state index contributed by atoms with van der Waals surface area (Å²) in [6.45, 7) is 1.61. The number of alkyl carbamates (subject to hydrolysis) is 1. The number of benzene rings is 2. The van der Waals surface area contributed by atoms with E-state index in [1.807, 2.05) is 55.5 Å². The Morgan fingerprint density at radius 2 is 1.57 bits per heavy atom. The van der Waals surface area contributed by atoms with Crippen molar-refractivity contribution in [1.82, 2.24) is 10.6 Å². The number of nitrogens with one attached hydrogen (secondary N) is 2. The number of carbonyl (C=O) groups is 3. The molecule has 0 spiro atoms. The maximum Gasteiger partial charge on any atom is 0.417 e. The van der Waals surface area contributed by atoms with Crippen LogP contribution in [0.2, 0.25) is 0 Å². The van der Waals surface area contributed by atoms with Crippen molar-refractivity contribution in [3.8, 4) is 11.1 Å². The normalized spacial score (nSPS) is 14.4. The van der Waals surface area contributed by atoms with Gasteiger partial charge in [0.1, 0.15) is 6.61 Å². The van der Waals surface area contributed by atoms with Crippen LogP contribution in [0.15, 0.2) is 48.5 Å². The Morgan fingerprint density at radius 1 is 1.00 bits per heavy atom. The van der Waals surface area contributed by atoms with Gasteiger partial charge in [-0.2, -0.15) is 13.2 Å². The number of rotatable bonds is 10. The van der Waals surface area contributed by atoms with E-state index in [0.29, 0.717) is 12.8 Å². The molecule has 2 aromatic carbocycles. The number of fused-ring (bicyclic) bond motifs is 3. The molecule has 7 nitrogen and oxygen atoms in total. The highest BCUT2D eigenvalue weighted by Crippen LogP contribution is 2.44. The van der Waals surface area contributed by atoms with Crippen molar-refractivity contribution in [2.45, 2.75) is 56.8 Å². The van der Waals surface area contributed by atoms with Gasteiger partial charge in [0, 0.05) is 12.0 Å². The summed E-state index contributed by atoms with van der Waals surface area (Å²) in [5.74, 6) is -3.15. The van der Waals surface area contributed by atoms with Gasteiger partial charge in [0.05, 0.1) is 6.42 Å². The summed E-state index contributed by atoms with van der Waals surface area (Å²) in [7, 11) is 0. The maximum atomic E-state index is 13.6. The van der Waals surface area contributed by atoms with Crippen molar-refractivity contribution >= 4 is 18.0 Å². The van der Waals surface area contributed by atoms with Crippen LogP contribution in [0.5, 0.6) is 0 Å². The van der Waals surface area contributed by atoms with E-state index < -0.39 is 42.7 Å². The van der Waals surface area contributed by atoms with Crippen molar-refractivity contribution in [3.05, 3.63) is 59.7 Å². The van der Waals surface area contributed by atoms with Crippen molar-refractivity contribution in [2.75, 3.05) is 6.61 Å². The van der Waals surface area contributed by atoms with Crippen LogP contribution < -0.4 is 10.6 Å². The third-order valence-electron chi connectivity index (χ3n) is 5.87. The lowest BCUT2D eigenvalue weighted by molar-refractivity contribution is -0.168. The number of amides is 2. The minimum absolute atomic E-state index is 0.198. The number of unbranched alkanes of at least 4 members (excludes halogenated alkanes) is 1. The number of halogens is 3. The second-order valence-electron chi connectivity index (χ2n) is 8.39. The predicted molar refractivity (Wildman–Crippen MR) is 122 cm³/mol. The highest BCUT2D eigenvalue weighted by molar-refractivity contribution is 5.87. The highest BCUT2D eigenvalue weighted by atomic mass is 19.4. The van der Waals surface area contributed by atoms with Gasteiger partial charge in [-0.3, -0.25) is 9.59 Å². The number of ether oxygens (including phenoxy) is 1. The summed E-state index contributed by atoms with van der Waals surface area (Å²) in [5, 5.41) is 12.7. The molecule has 1 aliphatic rings. The van der Waals surface area contributed by atoms with E-state index >= 15 is 0 Å². The molecule has 0 fully saturated rings. The average molecular weight is 492 g/mol. The van der Waals surface area contributed by atoms with Gasteiger partial charge >= 0.3 is 18.2 Å². The zero-order valence-electron chi connectivity index (χ0n) is 19.1. The summed E-state index contributed by atoms with van der Waals surface area (Å²) in [6.07, 6.45) is -5.63. The number of aliphatic carboxylic acids is 1. The molecule has 2 aromatic rings. The van der Waals surface area contributed by atoms with Crippen LogP contribution in [0.1, 0.15) is 49.7 Å². The van der Waals surface area contributed by atoms with Crippen molar-refractivity contribution in [2.24, 2.45) is 0 Å². The first-order valence-electron chi connectivity index (χ1n) is 11.3. The lowest BCUT2D eigenvalue weighted by atomic mass is 9.98. The first-order chi connectivity index (χ1) is 16.6. The molecular formula is C25H27F3N2O5. The third kappa shape index (κ3) is 6.52. The Hall–Kier alpha value is -3.56. The Morgan fingerprint density at radius 3 is 2.09 bits per heavy atom. The average Bonchev–Trinajstić information content (AvgIpc) is 3.12. The van der Waals surface area contributed by atoms with Gasteiger partial charge in [-0.1, -0.05) is 68.3 Å². The second kappa shape index (κ2) is 11.2. The van der Waals surface area contributed by atoms with E-state index in [4.69, 9.17) is 9.84 Å². The van der Waals surface area contributed by atoms with Gasteiger partial charge in [-0.05, 0) is 28.7 Å². The molecular weight excluding hydrogens is 465 g/mol. The number of hydrogen-bond acceptors (Lipinski definition) is 4. The Bertz CT molecular complexity index is 1030. The van der Waals surface area contributed by atoms with E-state index in [2.05, 4.69) is 5.32 Å². The van der Waals surface area contributed by atoms with E-state index in [9.17, 15) is 27.6 Å². The minimum atomic E-state index is -5.10. The first-order valence-corrected chi connectivity index (χ1v) is 11.3. The summed E-state index contributed by atoms with van der Waals surface area (Å²) < 4.78 is 45.9. The molecule has 0 bridgehead atoms. The zero-order chi connectivity index (χ0) is 25.6. The van der Waals surface area contributed by atoms with Crippen LogP contribution in [-0.2, 0) is 14.3 Å². The van der Waals surface area contributed by atoms with Crippen LogP contribution in [0.4, 0.5) is 18.0 Å². The van der Waals surface area contributed by atoms with Gasteiger partial charge in [-0.15, -0.1) is 0 Å². The summed E-state index contributed by atoms with van der Waals surface area (Å²) in [4.78, 5) is 35.7. The van der Waals surface area contributed by atoms with Crippen LogP contribution in [0, 0.1) is 0 Å². The molecule has 2 amide bonds. The van der Waals surface area contributed by atoms with Gasteiger partial charge in [0.15, 0.2) is 0 Å². The molecule has 0 heterocycles. The summed E-state index contributed by atoms with van der Waals surface area (Å²) in [6, 6.07) is 11.1. The largest absolute Gasteiger partial charge is 0.481 e. The maximum absolute atomic E-state index is 13.6. The molecule has 35 heavy (non-hydrogen) atoms. The number of alkyl halides is 3. The Kier molecular flexibility index (Phi) is 8.37. The van der Waals surface area contributed by atoms with E-state index in [1.54, 1.807) is 5.32 Å². The molecule has 188 valence electrons. The molecule has 2 atom stereocenters. The molecule has 1 aliphatic carbocycles. The Labute approximate surface area is 200 Å². The summed E-state index contributed by atoms with van der Waals surface area (Å²) in [5.41, 5.74) is 3.69. The minimum Gasteiger partial charge on any atom is -0.481 e. The van der Waals surface area contributed by atoms with Crippen LogP contribution in [0.3, 0.4) is 0 Å². The fourth-order valence-corrected chi connectivity index (χ4v) is 4.23. The fraction of sp³-hybridized carbons (Fsp3) is 0.400. The SMILES string of the molecule is CCCC[C@@H](CC(=O)O)NC(=O)C(NC(=O)OCC1c2ccccc2-c2ccccc21)C(F)(F)F. The van der Waals surface area contributed by atoms with Crippen molar-refractivity contribution in [1.29, 1.82) is 0 Å². The predicted octanol–water partition coefficient (Wildman–Crippen LogP) is 4.61. The van der Waals surface area contributed by atoms with E-state index in [-0.39, 0.29) is 18.9 Å². The lowest BCUT2D eigenvalue weighted by Gasteiger charge is -2.24. The van der Waals surface area contributed by atoms with E-state index in [1.165, 1.54) is 0 Å². The number of hydrogen-bond donors (Lipinski definition) is 3. The van der Waals surface area contributed by atoms with Gasteiger partial charge < -0.3 is 20.5 Å². The quantitative estimate of drug-likeness (QED) is 0.450. The number of carbonyl (C=O) groups excluding carboxylic acids is 2. The van der Waals surface area contributed by atoms with Crippen molar-refractivity contribution < 1.29 is 37.4 Å².